The number of fused-ring (bicyclic) bond motifs is 4. The summed E-state index contributed by atoms with van der Waals surface area (Å²) in [6.45, 7) is 4.66. The molecular formula is C19H21N3OS. The Morgan fingerprint density at radius 3 is 2.71 bits per heavy atom. The summed E-state index contributed by atoms with van der Waals surface area (Å²) >= 11 is 5.64. The van der Waals surface area contributed by atoms with E-state index in [9.17, 15) is 4.79 Å². The Morgan fingerprint density at radius 1 is 1.12 bits per heavy atom. The number of likely N-dealkylation sites (tertiary alicyclic amines) is 1. The molecule has 0 unspecified atom stereocenters. The van der Waals surface area contributed by atoms with Gasteiger partial charge in [-0.25, -0.2) is 0 Å². The number of benzene rings is 1. The van der Waals surface area contributed by atoms with Crippen LogP contribution in [0.5, 0.6) is 0 Å². The van der Waals surface area contributed by atoms with Crippen LogP contribution >= 0.6 is 12.2 Å². The minimum absolute atomic E-state index is 0.121. The van der Waals surface area contributed by atoms with Crippen molar-refractivity contribution in [3.8, 4) is 0 Å². The third-order valence-corrected chi connectivity index (χ3v) is 5.43. The summed E-state index contributed by atoms with van der Waals surface area (Å²) in [7, 11) is 0. The molecule has 0 radical (unpaired) electrons. The lowest BCUT2D eigenvalue weighted by Gasteiger charge is -2.43. The SMILES string of the molecule is Cc1ccc(NC(=S)N2C[C@@H]3C[C@@H](C2)c2cccc(=O)n2C3)cc1. The number of nitrogens with zero attached hydrogens (tertiary/aromatic N) is 2. The van der Waals surface area contributed by atoms with E-state index in [1.165, 1.54) is 5.56 Å². The summed E-state index contributed by atoms with van der Waals surface area (Å²) in [6.07, 6.45) is 1.15. The van der Waals surface area contributed by atoms with E-state index < -0.39 is 0 Å². The van der Waals surface area contributed by atoms with E-state index in [0.717, 1.165) is 42.5 Å². The minimum Gasteiger partial charge on any atom is -0.348 e. The average Bonchev–Trinajstić information content (AvgIpc) is 2.58. The molecule has 124 valence electrons. The van der Waals surface area contributed by atoms with E-state index >= 15 is 0 Å². The second kappa shape index (κ2) is 6.06. The zero-order valence-corrected chi connectivity index (χ0v) is 14.6. The van der Waals surface area contributed by atoms with Gasteiger partial charge in [0.25, 0.3) is 5.56 Å². The van der Waals surface area contributed by atoms with Crippen molar-refractivity contribution in [3.05, 3.63) is 64.1 Å². The van der Waals surface area contributed by atoms with Gasteiger partial charge in [-0.15, -0.1) is 0 Å². The Morgan fingerprint density at radius 2 is 1.92 bits per heavy atom. The van der Waals surface area contributed by atoms with E-state index in [2.05, 4.69) is 47.5 Å². The Balaban J connectivity index is 1.52. The molecule has 2 aromatic rings. The minimum atomic E-state index is 0.121. The Labute approximate surface area is 147 Å². The molecule has 2 bridgehead atoms. The number of hydrogen-bond donors (Lipinski definition) is 1. The monoisotopic (exact) mass is 339 g/mol. The maximum atomic E-state index is 12.1. The molecule has 0 spiro atoms. The Bertz CT molecular complexity index is 827. The lowest BCUT2D eigenvalue weighted by Crippen LogP contribution is -2.50. The van der Waals surface area contributed by atoms with Crippen molar-refractivity contribution in [2.45, 2.75) is 25.8 Å². The fourth-order valence-corrected chi connectivity index (χ4v) is 4.17. The highest BCUT2D eigenvalue weighted by Gasteiger charge is 2.35. The van der Waals surface area contributed by atoms with Crippen LogP contribution in [-0.2, 0) is 6.54 Å². The molecule has 4 rings (SSSR count). The van der Waals surface area contributed by atoms with Crippen LogP contribution in [0.15, 0.2) is 47.3 Å². The fourth-order valence-electron chi connectivity index (χ4n) is 3.90. The first-order chi connectivity index (χ1) is 11.6. The second-order valence-corrected chi connectivity index (χ2v) is 7.29. The standard InChI is InChI=1S/C19H21N3OS/c1-13-5-7-16(8-6-13)20-19(24)21-10-14-9-15(12-21)17-3-2-4-18(23)22(17)11-14/h2-8,14-15H,9-12H2,1H3,(H,20,24)/t14-,15-/m0/s1. The zero-order valence-electron chi connectivity index (χ0n) is 13.7. The second-order valence-electron chi connectivity index (χ2n) is 6.90. The molecule has 2 aliphatic heterocycles. The molecular weight excluding hydrogens is 318 g/mol. The Hall–Kier alpha value is -2.14. The molecule has 2 aliphatic rings. The van der Waals surface area contributed by atoms with Crippen LogP contribution in [0, 0.1) is 12.8 Å². The summed E-state index contributed by atoms with van der Waals surface area (Å²) in [5.74, 6) is 0.860. The molecule has 24 heavy (non-hydrogen) atoms. The van der Waals surface area contributed by atoms with Crippen molar-refractivity contribution < 1.29 is 0 Å². The van der Waals surface area contributed by atoms with Gasteiger partial charge in [-0.3, -0.25) is 4.79 Å². The van der Waals surface area contributed by atoms with Crippen molar-refractivity contribution in [2.75, 3.05) is 18.4 Å². The third kappa shape index (κ3) is 2.84. The normalized spacial score (nSPS) is 22.0. The topological polar surface area (TPSA) is 37.3 Å². The van der Waals surface area contributed by atoms with Gasteiger partial charge in [0.2, 0.25) is 0 Å². The van der Waals surface area contributed by atoms with E-state index in [1.54, 1.807) is 6.07 Å². The average molecular weight is 339 g/mol. The maximum Gasteiger partial charge on any atom is 0.250 e. The van der Waals surface area contributed by atoms with Crippen LogP contribution in [0.3, 0.4) is 0 Å². The highest BCUT2D eigenvalue weighted by molar-refractivity contribution is 7.80. The quantitative estimate of drug-likeness (QED) is 0.811. The summed E-state index contributed by atoms with van der Waals surface area (Å²) in [5, 5.41) is 4.13. The molecule has 0 amide bonds. The lowest BCUT2D eigenvalue weighted by molar-refractivity contribution is 0.180. The smallest absolute Gasteiger partial charge is 0.250 e. The number of aryl methyl sites for hydroxylation is 1. The van der Waals surface area contributed by atoms with Gasteiger partial charge in [-0.05, 0) is 49.7 Å². The number of hydrogen-bond acceptors (Lipinski definition) is 2. The third-order valence-electron chi connectivity index (χ3n) is 5.07. The maximum absolute atomic E-state index is 12.1. The van der Waals surface area contributed by atoms with E-state index in [4.69, 9.17) is 12.2 Å². The molecule has 0 aliphatic carbocycles. The van der Waals surface area contributed by atoms with Crippen LogP contribution < -0.4 is 10.9 Å². The summed E-state index contributed by atoms with van der Waals surface area (Å²) in [5.41, 5.74) is 3.54. The van der Waals surface area contributed by atoms with Gasteiger partial charge in [0.1, 0.15) is 0 Å². The predicted octanol–water partition coefficient (Wildman–Crippen LogP) is 2.97. The zero-order chi connectivity index (χ0) is 16.7. The van der Waals surface area contributed by atoms with Gasteiger partial charge in [-0.1, -0.05) is 23.8 Å². The Kier molecular flexibility index (Phi) is 3.88. The van der Waals surface area contributed by atoms with E-state index in [1.807, 2.05) is 10.6 Å². The van der Waals surface area contributed by atoms with Gasteiger partial charge in [0.15, 0.2) is 5.11 Å². The number of rotatable bonds is 1. The predicted molar refractivity (Wildman–Crippen MR) is 101 cm³/mol. The first-order valence-electron chi connectivity index (χ1n) is 8.42. The van der Waals surface area contributed by atoms with Gasteiger partial charge >= 0.3 is 0 Å². The van der Waals surface area contributed by atoms with Crippen molar-refractivity contribution in [1.82, 2.24) is 9.47 Å². The number of anilines is 1. The molecule has 1 aromatic heterocycles. The molecule has 5 heteroatoms. The molecule has 2 atom stereocenters. The highest BCUT2D eigenvalue weighted by atomic mass is 32.1. The van der Waals surface area contributed by atoms with E-state index in [0.29, 0.717) is 11.8 Å². The highest BCUT2D eigenvalue weighted by Crippen LogP contribution is 2.35. The first kappa shape index (κ1) is 15.4. The summed E-state index contributed by atoms with van der Waals surface area (Å²) in [4.78, 5) is 14.3. The fraction of sp³-hybridized carbons (Fsp3) is 0.368. The van der Waals surface area contributed by atoms with Crippen molar-refractivity contribution >= 4 is 23.0 Å². The van der Waals surface area contributed by atoms with Gasteiger partial charge in [0.05, 0.1) is 0 Å². The van der Waals surface area contributed by atoms with Gasteiger partial charge in [0, 0.05) is 43.0 Å². The van der Waals surface area contributed by atoms with Crippen LogP contribution in [0.4, 0.5) is 5.69 Å². The molecule has 1 aromatic carbocycles. The summed E-state index contributed by atoms with van der Waals surface area (Å²) < 4.78 is 1.95. The largest absolute Gasteiger partial charge is 0.348 e. The van der Waals surface area contributed by atoms with Crippen molar-refractivity contribution in [2.24, 2.45) is 5.92 Å². The summed E-state index contributed by atoms with van der Waals surface area (Å²) in [6, 6.07) is 13.9. The van der Waals surface area contributed by atoms with Crippen molar-refractivity contribution in [3.63, 3.8) is 0 Å². The molecule has 0 saturated carbocycles. The van der Waals surface area contributed by atoms with E-state index in [-0.39, 0.29) is 5.56 Å². The number of nitrogens with one attached hydrogen (secondary N) is 1. The number of piperidine rings is 1. The molecule has 1 fully saturated rings. The van der Waals surface area contributed by atoms with Crippen LogP contribution in [0.25, 0.3) is 0 Å². The van der Waals surface area contributed by atoms with Crippen LogP contribution in [-0.4, -0.2) is 27.7 Å². The molecule has 1 N–H and O–H groups in total. The molecule has 3 heterocycles. The van der Waals surface area contributed by atoms with Crippen molar-refractivity contribution in [1.29, 1.82) is 0 Å². The number of aromatic nitrogens is 1. The van der Waals surface area contributed by atoms with Crippen LogP contribution in [0.1, 0.15) is 23.6 Å². The first-order valence-corrected chi connectivity index (χ1v) is 8.83. The molecule has 1 saturated heterocycles. The lowest BCUT2D eigenvalue weighted by atomic mass is 9.83. The van der Waals surface area contributed by atoms with Gasteiger partial charge in [-0.2, -0.15) is 0 Å². The van der Waals surface area contributed by atoms with Gasteiger partial charge < -0.3 is 14.8 Å². The number of pyridine rings is 1. The number of thiocarbonyl (C=S) groups is 1. The van der Waals surface area contributed by atoms with Crippen LogP contribution in [0.2, 0.25) is 0 Å². The molecule has 4 nitrogen and oxygen atoms in total.